The second-order valence-electron chi connectivity index (χ2n) is 6.26. The molecule has 1 N–H and O–H groups in total. The van der Waals surface area contributed by atoms with E-state index < -0.39 is 0 Å². The lowest BCUT2D eigenvalue weighted by Crippen LogP contribution is -2.32. The van der Waals surface area contributed by atoms with Crippen LogP contribution in [0.15, 0.2) is 59.4 Å². The summed E-state index contributed by atoms with van der Waals surface area (Å²) in [4.78, 5) is 24.6. The number of nitrogens with zero attached hydrogens (tertiary/aromatic N) is 2. The Morgan fingerprint density at radius 3 is 2.36 bits per heavy atom. The van der Waals surface area contributed by atoms with Gasteiger partial charge in [-0.15, -0.1) is 0 Å². The number of benzene rings is 2. The molecule has 0 fully saturated rings. The van der Waals surface area contributed by atoms with Crippen molar-refractivity contribution in [1.29, 1.82) is 0 Å². The molecule has 1 amide bonds. The van der Waals surface area contributed by atoms with Crippen LogP contribution in [0.25, 0.3) is 22.0 Å². The van der Waals surface area contributed by atoms with E-state index in [0.29, 0.717) is 5.39 Å². The highest BCUT2D eigenvalue weighted by Gasteiger charge is 2.13. The summed E-state index contributed by atoms with van der Waals surface area (Å²) in [7, 11) is 0. The molecule has 5 heteroatoms. The maximum atomic E-state index is 12.7. The second-order valence-corrected chi connectivity index (χ2v) is 6.26. The third-order valence-electron chi connectivity index (χ3n) is 3.92. The summed E-state index contributed by atoms with van der Waals surface area (Å²) in [6.45, 7) is 4.07. The average molecular weight is 335 g/mol. The molecule has 0 aliphatic rings. The number of aryl methyl sites for hydroxylation is 1. The molecule has 0 radical (unpaired) electrons. The van der Waals surface area contributed by atoms with Crippen LogP contribution < -0.4 is 10.9 Å². The Kier molecular flexibility index (Phi) is 4.93. The van der Waals surface area contributed by atoms with E-state index in [0.717, 1.165) is 16.6 Å². The van der Waals surface area contributed by atoms with Gasteiger partial charge in [0, 0.05) is 23.4 Å². The van der Waals surface area contributed by atoms with Gasteiger partial charge in [0.25, 0.3) is 5.56 Å². The zero-order valence-electron chi connectivity index (χ0n) is 14.4. The lowest BCUT2D eigenvalue weighted by molar-refractivity contribution is -0.121. The molecule has 0 aliphatic carbocycles. The fraction of sp³-hybridized carbons (Fsp3) is 0.250. The first-order valence-electron chi connectivity index (χ1n) is 8.41. The Morgan fingerprint density at radius 2 is 1.68 bits per heavy atom. The third kappa shape index (κ3) is 3.76. The minimum absolute atomic E-state index is 0.0775. The van der Waals surface area contributed by atoms with E-state index in [1.807, 2.05) is 62.4 Å². The summed E-state index contributed by atoms with van der Waals surface area (Å²) in [6.07, 6.45) is 0.220. The number of fused-ring (bicyclic) bond motifs is 1. The largest absolute Gasteiger partial charge is 0.354 e. The molecule has 0 aliphatic heterocycles. The van der Waals surface area contributed by atoms with Gasteiger partial charge in [0.2, 0.25) is 5.91 Å². The maximum Gasteiger partial charge on any atom is 0.274 e. The van der Waals surface area contributed by atoms with Gasteiger partial charge in [-0.2, -0.15) is 5.10 Å². The molecule has 0 saturated heterocycles. The zero-order valence-corrected chi connectivity index (χ0v) is 14.4. The molecule has 3 rings (SSSR count). The molecule has 25 heavy (non-hydrogen) atoms. The number of carbonyl (C=O) groups excluding carboxylic acids is 1. The Hall–Kier alpha value is -2.95. The Labute approximate surface area is 146 Å². The molecule has 0 saturated carbocycles. The van der Waals surface area contributed by atoms with Crippen molar-refractivity contribution in [2.45, 2.75) is 32.9 Å². The van der Waals surface area contributed by atoms with E-state index >= 15 is 0 Å². The van der Waals surface area contributed by atoms with Gasteiger partial charge >= 0.3 is 0 Å². The third-order valence-corrected chi connectivity index (χ3v) is 3.92. The topological polar surface area (TPSA) is 64.0 Å². The van der Waals surface area contributed by atoms with Crippen molar-refractivity contribution in [2.24, 2.45) is 0 Å². The summed E-state index contributed by atoms with van der Waals surface area (Å²) < 4.78 is 1.39. The fourth-order valence-corrected chi connectivity index (χ4v) is 2.80. The molecule has 5 nitrogen and oxygen atoms in total. The van der Waals surface area contributed by atoms with Gasteiger partial charge in [0.15, 0.2) is 0 Å². The van der Waals surface area contributed by atoms with Gasteiger partial charge in [0.05, 0.1) is 17.6 Å². The van der Waals surface area contributed by atoms with Crippen LogP contribution in [0.1, 0.15) is 20.3 Å². The van der Waals surface area contributed by atoms with Gasteiger partial charge in [-0.1, -0.05) is 48.5 Å². The highest BCUT2D eigenvalue weighted by atomic mass is 16.2. The monoisotopic (exact) mass is 335 g/mol. The van der Waals surface area contributed by atoms with Crippen molar-refractivity contribution in [3.8, 4) is 11.3 Å². The summed E-state index contributed by atoms with van der Waals surface area (Å²) in [5.74, 6) is -0.0851. The smallest absolute Gasteiger partial charge is 0.274 e. The van der Waals surface area contributed by atoms with Crippen LogP contribution >= 0.6 is 0 Å². The fourth-order valence-electron chi connectivity index (χ4n) is 2.80. The van der Waals surface area contributed by atoms with Crippen LogP contribution in [0.3, 0.4) is 0 Å². The van der Waals surface area contributed by atoms with Crippen molar-refractivity contribution in [2.75, 3.05) is 0 Å². The molecule has 128 valence electrons. The first-order chi connectivity index (χ1) is 12.1. The predicted octanol–water partition coefficient (Wildman–Crippen LogP) is 2.98. The lowest BCUT2D eigenvalue weighted by Gasteiger charge is -2.12. The van der Waals surface area contributed by atoms with E-state index in [1.54, 1.807) is 6.07 Å². The molecule has 0 atom stereocenters. The molecule has 0 bridgehead atoms. The van der Waals surface area contributed by atoms with Gasteiger partial charge in [-0.05, 0) is 19.9 Å². The number of hydrogen-bond donors (Lipinski definition) is 1. The minimum atomic E-state index is -0.173. The summed E-state index contributed by atoms with van der Waals surface area (Å²) in [5.41, 5.74) is 1.52. The van der Waals surface area contributed by atoms with E-state index in [4.69, 9.17) is 0 Å². The first-order valence-corrected chi connectivity index (χ1v) is 8.41. The minimum Gasteiger partial charge on any atom is -0.354 e. The van der Waals surface area contributed by atoms with Crippen LogP contribution in [0.5, 0.6) is 0 Å². The van der Waals surface area contributed by atoms with E-state index in [2.05, 4.69) is 10.4 Å². The van der Waals surface area contributed by atoms with E-state index in [1.165, 1.54) is 4.68 Å². The number of aromatic nitrogens is 2. The number of rotatable bonds is 5. The maximum absolute atomic E-state index is 12.7. The van der Waals surface area contributed by atoms with Crippen molar-refractivity contribution in [1.82, 2.24) is 15.1 Å². The van der Waals surface area contributed by atoms with Crippen molar-refractivity contribution in [3.63, 3.8) is 0 Å². The zero-order chi connectivity index (χ0) is 17.8. The number of nitrogens with one attached hydrogen (secondary N) is 1. The molecule has 1 aromatic heterocycles. The number of hydrogen-bond acceptors (Lipinski definition) is 3. The summed E-state index contributed by atoms with van der Waals surface area (Å²) in [6, 6.07) is 17.3. The van der Waals surface area contributed by atoms with E-state index in [-0.39, 0.29) is 30.5 Å². The Morgan fingerprint density at radius 1 is 1.04 bits per heavy atom. The lowest BCUT2D eigenvalue weighted by atomic mass is 10.1. The van der Waals surface area contributed by atoms with Crippen LogP contribution in [-0.2, 0) is 11.3 Å². The van der Waals surface area contributed by atoms with E-state index in [9.17, 15) is 9.59 Å². The van der Waals surface area contributed by atoms with Gasteiger partial charge in [-0.3, -0.25) is 9.59 Å². The highest BCUT2D eigenvalue weighted by molar-refractivity contribution is 5.93. The molecule has 1 heterocycles. The van der Waals surface area contributed by atoms with Crippen LogP contribution in [0.2, 0.25) is 0 Å². The molecular formula is C20H21N3O2. The Balaban J connectivity index is 2.03. The van der Waals surface area contributed by atoms with Crippen molar-refractivity contribution >= 4 is 16.7 Å². The van der Waals surface area contributed by atoms with Gasteiger partial charge < -0.3 is 5.32 Å². The number of amides is 1. The van der Waals surface area contributed by atoms with Gasteiger partial charge in [-0.25, -0.2) is 4.68 Å². The normalized spacial score (nSPS) is 11.0. The second kappa shape index (κ2) is 7.30. The van der Waals surface area contributed by atoms with Crippen LogP contribution in [-0.4, -0.2) is 21.7 Å². The van der Waals surface area contributed by atoms with Crippen molar-refractivity contribution in [3.05, 3.63) is 65.0 Å². The quantitative estimate of drug-likeness (QED) is 0.779. The average Bonchev–Trinajstić information content (AvgIpc) is 2.61. The molecule has 0 unspecified atom stereocenters. The number of carbonyl (C=O) groups is 1. The Bertz CT molecular complexity index is 946. The summed E-state index contributed by atoms with van der Waals surface area (Å²) >= 11 is 0. The van der Waals surface area contributed by atoms with Gasteiger partial charge in [0.1, 0.15) is 0 Å². The molecule has 0 spiro atoms. The van der Waals surface area contributed by atoms with Crippen LogP contribution in [0.4, 0.5) is 0 Å². The predicted molar refractivity (Wildman–Crippen MR) is 99.3 cm³/mol. The molecule has 2 aromatic carbocycles. The summed E-state index contributed by atoms with van der Waals surface area (Å²) in [5, 5.41) is 8.81. The van der Waals surface area contributed by atoms with Crippen molar-refractivity contribution < 1.29 is 4.79 Å². The molecule has 3 aromatic rings. The van der Waals surface area contributed by atoms with Crippen LogP contribution in [0, 0.1) is 0 Å². The molecular weight excluding hydrogens is 314 g/mol. The first kappa shape index (κ1) is 16.9. The standard InChI is InChI=1S/C20H21N3O2/c1-14(2)21-18(24)12-13-23-20(25)17-11-7-6-10-16(17)19(22-23)15-8-4-3-5-9-15/h3-11,14H,12-13H2,1-2H3,(H,21,24). The highest BCUT2D eigenvalue weighted by Crippen LogP contribution is 2.24. The SMILES string of the molecule is CC(C)NC(=O)CCn1nc(-c2ccccc2)c2ccccc2c1=O.